The third kappa shape index (κ3) is 7.36. The summed E-state index contributed by atoms with van der Waals surface area (Å²) in [7, 11) is -0.786. The molecule has 0 spiro atoms. The molecule has 4 aromatic carbocycles. The lowest BCUT2D eigenvalue weighted by Crippen LogP contribution is -2.25. The Hall–Kier alpha value is -3.52. The van der Waals surface area contributed by atoms with E-state index in [1.165, 1.54) is 14.2 Å². The summed E-state index contributed by atoms with van der Waals surface area (Å²) in [5.41, 5.74) is 3.49. The molecular formula is C31H29Cl2NO5S. The summed E-state index contributed by atoms with van der Waals surface area (Å²) >= 11 is 12.3. The summed E-state index contributed by atoms with van der Waals surface area (Å²) in [6, 6.07) is 24.6. The van der Waals surface area contributed by atoms with E-state index in [4.69, 9.17) is 32.7 Å². The van der Waals surface area contributed by atoms with Crippen LogP contribution in [0, 0.1) is 0 Å². The number of hydrogen-bond donors (Lipinski definition) is 1. The summed E-state index contributed by atoms with van der Waals surface area (Å²) in [5, 5.41) is 3.83. The Kier molecular flexibility index (Phi) is 9.74. The Morgan fingerprint density at radius 3 is 2.20 bits per heavy atom. The van der Waals surface area contributed by atoms with Gasteiger partial charge in [-0.2, -0.15) is 0 Å². The van der Waals surface area contributed by atoms with Crippen molar-refractivity contribution in [3.8, 4) is 22.6 Å². The van der Waals surface area contributed by atoms with Gasteiger partial charge in [0.1, 0.15) is 16.4 Å². The SMILES string of the molecule is COc1ccccc1C(=O)NCCCc1cccc(CS(=O)(=O)c2cc(-c3cc(Cl)cc(Cl)c3)ccc2OC)c1. The lowest BCUT2D eigenvalue weighted by Gasteiger charge is -2.13. The van der Waals surface area contributed by atoms with Crippen LogP contribution in [0.1, 0.15) is 27.9 Å². The van der Waals surface area contributed by atoms with Gasteiger partial charge in [-0.1, -0.05) is 65.7 Å². The van der Waals surface area contributed by atoms with E-state index in [0.717, 1.165) is 5.56 Å². The fourth-order valence-corrected chi connectivity index (χ4v) is 6.48. The molecule has 0 saturated heterocycles. The molecule has 0 unspecified atom stereocenters. The number of methoxy groups -OCH3 is 2. The van der Waals surface area contributed by atoms with Crippen molar-refractivity contribution in [1.29, 1.82) is 0 Å². The van der Waals surface area contributed by atoms with Gasteiger partial charge >= 0.3 is 0 Å². The molecule has 4 rings (SSSR count). The summed E-state index contributed by atoms with van der Waals surface area (Å²) in [4.78, 5) is 12.6. The van der Waals surface area contributed by atoms with Crippen molar-refractivity contribution >= 4 is 38.9 Å². The van der Waals surface area contributed by atoms with Gasteiger partial charge in [-0.3, -0.25) is 4.79 Å². The van der Waals surface area contributed by atoms with Gasteiger partial charge in [0, 0.05) is 16.6 Å². The number of carbonyl (C=O) groups is 1. The highest BCUT2D eigenvalue weighted by molar-refractivity contribution is 7.90. The van der Waals surface area contributed by atoms with E-state index in [0.29, 0.717) is 57.4 Å². The molecule has 9 heteroatoms. The first-order valence-corrected chi connectivity index (χ1v) is 15.0. The number of aryl methyl sites for hydroxylation is 1. The first kappa shape index (κ1) is 29.5. The highest BCUT2D eigenvalue weighted by atomic mass is 35.5. The fourth-order valence-electron chi connectivity index (χ4n) is 4.41. The second-order valence-electron chi connectivity index (χ2n) is 9.16. The van der Waals surface area contributed by atoms with Gasteiger partial charge in [-0.05, 0) is 77.6 Å². The first-order valence-electron chi connectivity index (χ1n) is 12.6. The van der Waals surface area contributed by atoms with E-state index in [1.54, 1.807) is 60.7 Å². The van der Waals surface area contributed by atoms with Gasteiger partial charge in [-0.15, -0.1) is 0 Å². The number of hydrogen-bond acceptors (Lipinski definition) is 5. The molecule has 0 bridgehead atoms. The third-order valence-electron chi connectivity index (χ3n) is 6.32. The monoisotopic (exact) mass is 597 g/mol. The summed E-state index contributed by atoms with van der Waals surface area (Å²) in [5.74, 6) is 0.390. The van der Waals surface area contributed by atoms with Gasteiger partial charge < -0.3 is 14.8 Å². The lowest BCUT2D eigenvalue weighted by atomic mass is 10.1. The normalized spacial score (nSPS) is 11.2. The molecule has 0 atom stereocenters. The topological polar surface area (TPSA) is 81.7 Å². The van der Waals surface area contributed by atoms with Crippen LogP contribution in [0.15, 0.2) is 89.8 Å². The molecule has 4 aromatic rings. The molecule has 0 heterocycles. The van der Waals surface area contributed by atoms with Crippen LogP contribution in [-0.2, 0) is 22.0 Å². The smallest absolute Gasteiger partial charge is 0.255 e. The number of halogens is 2. The van der Waals surface area contributed by atoms with Crippen molar-refractivity contribution in [2.45, 2.75) is 23.5 Å². The van der Waals surface area contributed by atoms with E-state index in [2.05, 4.69) is 5.32 Å². The number of carbonyl (C=O) groups excluding carboxylic acids is 1. The summed E-state index contributed by atoms with van der Waals surface area (Å²) in [6.07, 6.45) is 1.36. The molecule has 0 fully saturated rings. The highest BCUT2D eigenvalue weighted by Gasteiger charge is 2.22. The molecule has 0 saturated carbocycles. The Bertz CT molecular complexity index is 1600. The van der Waals surface area contributed by atoms with E-state index < -0.39 is 9.84 Å². The fraction of sp³-hybridized carbons (Fsp3) is 0.194. The molecular weight excluding hydrogens is 569 g/mol. The van der Waals surface area contributed by atoms with Crippen molar-refractivity contribution in [1.82, 2.24) is 5.32 Å². The Labute approximate surface area is 244 Å². The van der Waals surface area contributed by atoms with Crippen molar-refractivity contribution in [2.75, 3.05) is 20.8 Å². The van der Waals surface area contributed by atoms with Crippen LogP contribution in [0.5, 0.6) is 11.5 Å². The molecule has 208 valence electrons. The van der Waals surface area contributed by atoms with Gasteiger partial charge in [-0.25, -0.2) is 8.42 Å². The van der Waals surface area contributed by atoms with Crippen molar-refractivity contribution in [3.05, 3.63) is 112 Å². The Balaban J connectivity index is 1.44. The zero-order valence-corrected chi connectivity index (χ0v) is 24.4. The maximum atomic E-state index is 13.5. The van der Waals surface area contributed by atoms with Crippen LogP contribution < -0.4 is 14.8 Å². The predicted molar refractivity (Wildman–Crippen MR) is 159 cm³/mol. The first-order chi connectivity index (χ1) is 19.2. The standard InChI is InChI=1S/C31H29Cl2NO5S/c1-38-28-11-4-3-10-27(28)31(35)34-14-6-9-21-7-5-8-22(15-21)20-40(36,37)30-18-23(12-13-29(30)39-2)24-16-25(32)19-26(33)17-24/h3-5,7-8,10-13,15-19H,6,9,14,20H2,1-2H3,(H,34,35). The molecule has 1 N–H and O–H groups in total. The number of benzene rings is 4. The van der Waals surface area contributed by atoms with Gasteiger partial charge in [0.25, 0.3) is 5.91 Å². The Morgan fingerprint density at radius 2 is 1.48 bits per heavy atom. The van der Waals surface area contributed by atoms with Crippen molar-refractivity contribution in [3.63, 3.8) is 0 Å². The minimum atomic E-state index is -3.76. The molecule has 6 nitrogen and oxygen atoms in total. The summed E-state index contributed by atoms with van der Waals surface area (Å²) in [6.45, 7) is 0.469. The highest BCUT2D eigenvalue weighted by Crippen LogP contribution is 2.34. The van der Waals surface area contributed by atoms with Gasteiger partial charge in [0.15, 0.2) is 9.84 Å². The number of nitrogens with one attached hydrogen (secondary N) is 1. The van der Waals surface area contributed by atoms with Crippen molar-refractivity contribution < 1.29 is 22.7 Å². The number of sulfone groups is 1. The third-order valence-corrected chi connectivity index (χ3v) is 8.46. The molecule has 0 aliphatic carbocycles. The second-order valence-corrected chi connectivity index (χ2v) is 12.0. The van der Waals surface area contributed by atoms with Crippen LogP contribution in [0.3, 0.4) is 0 Å². The van der Waals surface area contributed by atoms with Crippen LogP contribution in [0.4, 0.5) is 0 Å². The molecule has 0 aliphatic rings. The number of amides is 1. The van der Waals surface area contributed by atoms with Crippen LogP contribution in [-0.4, -0.2) is 35.1 Å². The zero-order chi connectivity index (χ0) is 28.7. The van der Waals surface area contributed by atoms with Gasteiger partial charge in [0.05, 0.1) is 25.5 Å². The van der Waals surface area contributed by atoms with Crippen LogP contribution >= 0.6 is 23.2 Å². The van der Waals surface area contributed by atoms with Gasteiger partial charge in [0.2, 0.25) is 0 Å². The number of ether oxygens (including phenoxy) is 2. The Morgan fingerprint density at radius 1 is 0.775 bits per heavy atom. The van der Waals surface area contributed by atoms with Crippen molar-refractivity contribution in [2.24, 2.45) is 0 Å². The number of rotatable bonds is 11. The average molecular weight is 599 g/mol. The van der Waals surface area contributed by atoms with Crippen LogP contribution in [0.25, 0.3) is 11.1 Å². The minimum Gasteiger partial charge on any atom is -0.496 e. The van der Waals surface area contributed by atoms with Crippen LogP contribution in [0.2, 0.25) is 10.0 Å². The molecule has 0 aromatic heterocycles. The summed E-state index contributed by atoms with van der Waals surface area (Å²) < 4.78 is 37.7. The maximum Gasteiger partial charge on any atom is 0.255 e. The minimum absolute atomic E-state index is 0.0908. The molecule has 0 aliphatic heterocycles. The zero-order valence-electron chi connectivity index (χ0n) is 22.1. The molecule has 40 heavy (non-hydrogen) atoms. The molecule has 0 radical (unpaired) electrons. The lowest BCUT2D eigenvalue weighted by molar-refractivity contribution is 0.0950. The number of para-hydroxylation sites is 1. The maximum absolute atomic E-state index is 13.5. The van der Waals surface area contributed by atoms with E-state index in [-0.39, 0.29) is 22.3 Å². The van der Waals surface area contributed by atoms with E-state index in [9.17, 15) is 13.2 Å². The van der Waals surface area contributed by atoms with E-state index >= 15 is 0 Å². The second kappa shape index (κ2) is 13.2. The predicted octanol–water partition coefficient (Wildman–Crippen LogP) is 7.01. The quantitative estimate of drug-likeness (QED) is 0.188. The molecule has 1 amide bonds. The average Bonchev–Trinajstić information content (AvgIpc) is 2.94. The van der Waals surface area contributed by atoms with E-state index in [1.807, 2.05) is 24.3 Å². The largest absolute Gasteiger partial charge is 0.496 e.